The molecule has 2 saturated heterocycles. The Kier molecular flexibility index (Phi) is 8.47. The fourth-order valence-electron chi connectivity index (χ4n) is 3.72. The van der Waals surface area contributed by atoms with E-state index in [1.165, 1.54) is 0 Å². The van der Waals surface area contributed by atoms with Crippen LogP contribution in [0, 0.1) is 5.92 Å². The van der Waals surface area contributed by atoms with Crippen molar-refractivity contribution in [2.24, 2.45) is 5.92 Å². The molecule has 2 fully saturated rings. The molecule has 4 N–H and O–H groups in total. The van der Waals surface area contributed by atoms with Gasteiger partial charge in [0.05, 0.1) is 43.2 Å². The highest BCUT2D eigenvalue weighted by Gasteiger charge is 2.46. The van der Waals surface area contributed by atoms with Crippen LogP contribution in [0.15, 0.2) is 0 Å². The van der Waals surface area contributed by atoms with Gasteiger partial charge in [-0.05, 0) is 40.0 Å². The minimum atomic E-state index is -4.25. The standard InChI is InChI=1S/C18H36NO8P/c1-9(2)7-13-15(16(20)11(5)26-13)19-28(22,23)24-8-14-18(25-10(3)4)17(21)12(6)27-14/h9-18,20-21H,7-8H2,1-6H3,(H2,19,22,23)/t11-,12-,13+,14+,15?,16+,17+,18?/m0/s1. The van der Waals surface area contributed by atoms with Crippen LogP contribution in [-0.4, -0.2) is 76.6 Å². The molecule has 10 heteroatoms. The highest BCUT2D eigenvalue weighted by Crippen LogP contribution is 2.42. The quantitative estimate of drug-likeness (QED) is 0.403. The number of nitrogens with one attached hydrogen (secondary N) is 1. The minimum absolute atomic E-state index is 0.140. The van der Waals surface area contributed by atoms with Crippen LogP contribution in [0.5, 0.6) is 0 Å². The molecule has 3 unspecified atom stereocenters. The van der Waals surface area contributed by atoms with Crippen molar-refractivity contribution in [3.63, 3.8) is 0 Å². The highest BCUT2D eigenvalue weighted by molar-refractivity contribution is 7.50. The summed E-state index contributed by atoms with van der Waals surface area (Å²) in [6.45, 7) is 10.9. The first-order valence-electron chi connectivity index (χ1n) is 9.99. The molecule has 0 amide bonds. The van der Waals surface area contributed by atoms with Gasteiger partial charge < -0.3 is 29.3 Å². The molecular formula is C18H36NO8P. The number of hydrogen-bond acceptors (Lipinski definition) is 7. The molecule has 0 aromatic rings. The van der Waals surface area contributed by atoms with Crippen LogP contribution >= 0.6 is 7.75 Å². The van der Waals surface area contributed by atoms with Gasteiger partial charge in [0.1, 0.15) is 18.3 Å². The van der Waals surface area contributed by atoms with Gasteiger partial charge in [0, 0.05) is 0 Å². The Morgan fingerprint density at radius 1 is 1.04 bits per heavy atom. The Hall–Kier alpha value is -0.0900. The average Bonchev–Trinajstić information content (AvgIpc) is 2.97. The summed E-state index contributed by atoms with van der Waals surface area (Å²) in [5.74, 6) is 0.301. The van der Waals surface area contributed by atoms with Crippen molar-refractivity contribution in [1.29, 1.82) is 0 Å². The van der Waals surface area contributed by atoms with Gasteiger partial charge in [0.15, 0.2) is 0 Å². The summed E-state index contributed by atoms with van der Waals surface area (Å²) in [6.07, 6.45) is -3.90. The fraction of sp³-hybridized carbons (Fsp3) is 1.00. The third-order valence-electron chi connectivity index (χ3n) is 5.07. The lowest BCUT2D eigenvalue weighted by Gasteiger charge is -2.27. The summed E-state index contributed by atoms with van der Waals surface area (Å²) in [4.78, 5) is 10.3. The molecule has 2 heterocycles. The molecule has 2 rings (SSSR count). The number of aliphatic hydroxyl groups is 2. The van der Waals surface area contributed by atoms with Gasteiger partial charge >= 0.3 is 7.75 Å². The third kappa shape index (κ3) is 6.20. The van der Waals surface area contributed by atoms with E-state index in [4.69, 9.17) is 18.7 Å². The summed E-state index contributed by atoms with van der Waals surface area (Å²) >= 11 is 0. The van der Waals surface area contributed by atoms with E-state index in [1.54, 1.807) is 13.8 Å². The molecule has 166 valence electrons. The zero-order chi connectivity index (χ0) is 21.2. The van der Waals surface area contributed by atoms with E-state index in [1.807, 2.05) is 27.7 Å². The maximum absolute atomic E-state index is 12.6. The summed E-state index contributed by atoms with van der Waals surface area (Å²) in [6, 6.07) is -0.718. The summed E-state index contributed by atoms with van der Waals surface area (Å²) in [7, 11) is -4.25. The van der Waals surface area contributed by atoms with E-state index in [0.29, 0.717) is 12.3 Å². The smallest absolute Gasteiger partial charge is 0.389 e. The van der Waals surface area contributed by atoms with Crippen LogP contribution in [0.1, 0.15) is 48.0 Å². The Morgan fingerprint density at radius 3 is 2.18 bits per heavy atom. The van der Waals surface area contributed by atoms with Crippen LogP contribution in [0.4, 0.5) is 0 Å². The van der Waals surface area contributed by atoms with Crippen molar-refractivity contribution >= 4 is 7.75 Å². The van der Waals surface area contributed by atoms with E-state index in [9.17, 15) is 19.7 Å². The predicted molar refractivity (Wildman–Crippen MR) is 103 cm³/mol. The van der Waals surface area contributed by atoms with Crippen LogP contribution in [0.2, 0.25) is 0 Å². The van der Waals surface area contributed by atoms with Crippen molar-refractivity contribution in [3.05, 3.63) is 0 Å². The van der Waals surface area contributed by atoms with E-state index in [-0.39, 0.29) is 12.7 Å². The Morgan fingerprint density at radius 2 is 1.61 bits per heavy atom. The molecular weight excluding hydrogens is 389 g/mol. The minimum Gasteiger partial charge on any atom is -0.389 e. The molecule has 0 radical (unpaired) electrons. The van der Waals surface area contributed by atoms with E-state index in [2.05, 4.69) is 5.09 Å². The summed E-state index contributed by atoms with van der Waals surface area (Å²) in [5.41, 5.74) is 0. The summed E-state index contributed by atoms with van der Waals surface area (Å²) < 4.78 is 34.9. The van der Waals surface area contributed by atoms with Gasteiger partial charge in [-0.2, -0.15) is 0 Å². The summed E-state index contributed by atoms with van der Waals surface area (Å²) in [5, 5.41) is 23.1. The number of ether oxygens (including phenoxy) is 3. The molecule has 2 aliphatic heterocycles. The van der Waals surface area contributed by atoms with E-state index in [0.717, 1.165) is 0 Å². The molecule has 9 nitrogen and oxygen atoms in total. The average molecular weight is 425 g/mol. The second-order valence-corrected chi connectivity index (χ2v) is 10.0. The lowest BCUT2D eigenvalue weighted by atomic mass is 9.98. The maximum Gasteiger partial charge on any atom is 0.403 e. The van der Waals surface area contributed by atoms with Crippen molar-refractivity contribution in [2.75, 3.05) is 6.61 Å². The molecule has 2 aliphatic rings. The van der Waals surface area contributed by atoms with Crippen LogP contribution in [0.25, 0.3) is 0 Å². The lowest BCUT2D eigenvalue weighted by Crippen LogP contribution is -2.44. The van der Waals surface area contributed by atoms with E-state index < -0.39 is 56.5 Å². The third-order valence-corrected chi connectivity index (χ3v) is 6.19. The monoisotopic (exact) mass is 425 g/mol. The first-order chi connectivity index (χ1) is 12.9. The fourth-order valence-corrected chi connectivity index (χ4v) is 4.84. The SMILES string of the molecule is CC(C)C[C@H]1O[C@@H](C)[C@@H](O)C1NP(=O)(O)OC[C@H]1O[C@@H](C)[C@@H](O)C1OC(C)C. The molecule has 0 aromatic heterocycles. The number of aliphatic hydroxyl groups excluding tert-OH is 2. The van der Waals surface area contributed by atoms with Gasteiger partial charge in [-0.15, -0.1) is 0 Å². The topological polar surface area (TPSA) is 127 Å². The normalized spacial score (nSPS) is 41.1. The Bertz CT molecular complexity index is 546. The molecule has 9 atom stereocenters. The van der Waals surface area contributed by atoms with Crippen LogP contribution in [0.3, 0.4) is 0 Å². The first-order valence-corrected chi connectivity index (χ1v) is 11.6. The zero-order valence-electron chi connectivity index (χ0n) is 17.5. The zero-order valence-corrected chi connectivity index (χ0v) is 18.4. The largest absolute Gasteiger partial charge is 0.403 e. The van der Waals surface area contributed by atoms with Crippen LogP contribution < -0.4 is 5.09 Å². The van der Waals surface area contributed by atoms with E-state index >= 15 is 0 Å². The molecule has 0 saturated carbocycles. The number of rotatable bonds is 9. The van der Waals surface area contributed by atoms with Crippen LogP contribution in [-0.2, 0) is 23.3 Å². The van der Waals surface area contributed by atoms with Crippen molar-refractivity contribution in [2.45, 2.75) is 103 Å². The Labute approximate surface area is 167 Å². The van der Waals surface area contributed by atoms with Gasteiger partial charge in [0.25, 0.3) is 0 Å². The van der Waals surface area contributed by atoms with Gasteiger partial charge in [0.2, 0.25) is 0 Å². The predicted octanol–water partition coefficient (Wildman–Crippen LogP) is 1.20. The highest BCUT2D eigenvalue weighted by atomic mass is 31.2. The molecule has 0 bridgehead atoms. The second kappa shape index (κ2) is 9.81. The van der Waals surface area contributed by atoms with Crippen molar-refractivity contribution in [3.8, 4) is 0 Å². The first kappa shape index (κ1) is 24.2. The van der Waals surface area contributed by atoms with Crippen molar-refractivity contribution in [1.82, 2.24) is 5.09 Å². The lowest BCUT2D eigenvalue weighted by molar-refractivity contribution is -0.0759. The van der Waals surface area contributed by atoms with Gasteiger partial charge in [-0.25, -0.2) is 9.65 Å². The molecule has 0 spiro atoms. The van der Waals surface area contributed by atoms with Crippen molar-refractivity contribution < 1.29 is 38.4 Å². The molecule has 28 heavy (non-hydrogen) atoms. The maximum atomic E-state index is 12.6. The Balaban J connectivity index is 1.98. The number of hydrogen-bond donors (Lipinski definition) is 4. The van der Waals surface area contributed by atoms with Gasteiger partial charge in [-0.3, -0.25) is 4.52 Å². The van der Waals surface area contributed by atoms with Gasteiger partial charge in [-0.1, -0.05) is 13.8 Å². The molecule has 0 aliphatic carbocycles. The second-order valence-electron chi connectivity index (χ2n) is 8.49. The molecule has 0 aromatic carbocycles.